The summed E-state index contributed by atoms with van der Waals surface area (Å²) in [7, 11) is 1.40. The Morgan fingerprint density at radius 3 is 2.68 bits per heavy atom. The van der Waals surface area contributed by atoms with Crippen LogP contribution in [0.1, 0.15) is 48.5 Å². The molecular formula is C15H20BrNO2. The van der Waals surface area contributed by atoms with Crippen LogP contribution in [0, 0.1) is 0 Å². The van der Waals surface area contributed by atoms with Gasteiger partial charge in [0.05, 0.1) is 12.7 Å². The molecule has 1 aliphatic carbocycles. The maximum atomic E-state index is 11.4. The molecule has 1 aromatic carbocycles. The third-order valence-corrected chi connectivity index (χ3v) is 4.63. The highest BCUT2D eigenvalue weighted by atomic mass is 79.9. The Hall–Kier alpha value is -0.870. The predicted octanol–water partition coefficient (Wildman–Crippen LogP) is 3.66. The van der Waals surface area contributed by atoms with E-state index in [4.69, 9.17) is 4.74 Å². The van der Waals surface area contributed by atoms with Crippen LogP contribution in [0.25, 0.3) is 0 Å². The average molecular weight is 326 g/mol. The lowest BCUT2D eigenvalue weighted by atomic mass is 10.00. The number of methoxy groups -OCH3 is 1. The summed E-state index contributed by atoms with van der Waals surface area (Å²) >= 11 is 3.52. The number of halogens is 1. The number of hydrogen-bond donors (Lipinski definition) is 1. The van der Waals surface area contributed by atoms with E-state index in [1.807, 2.05) is 18.2 Å². The second kappa shape index (κ2) is 6.06. The molecule has 1 saturated carbocycles. The summed E-state index contributed by atoms with van der Waals surface area (Å²) in [6, 6.07) is 5.60. The van der Waals surface area contributed by atoms with E-state index >= 15 is 0 Å². The zero-order chi connectivity index (χ0) is 13.9. The van der Waals surface area contributed by atoms with Crippen LogP contribution in [0.5, 0.6) is 0 Å². The highest BCUT2D eigenvalue weighted by Gasteiger charge is 2.27. The number of nitrogens with one attached hydrogen (secondary N) is 1. The summed E-state index contributed by atoms with van der Waals surface area (Å²) < 4.78 is 5.66. The lowest BCUT2D eigenvalue weighted by Gasteiger charge is -2.25. The Bertz CT molecular complexity index is 467. The van der Waals surface area contributed by atoms with Crippen LogP contribution in [0.15, 0.2) is 22.7 Å². The minimum atomic E-state index is -0.303. The van der Waals surface area contributed by atoms with Gasteiger partial charge in [-0.3, -0.25) is 0 Å². The third kappa shape index (κ3) is 3.57. The molecule has 0 radical (unpaired) electrons. The predicted molar refractivity (Wildman–Crippen MR) is 79.2 cm³/mol. The van der Waals surface area contributed by atoms with Gasteiger partial charge in [-0.2, -0.15) is 0 Å². The van der Waals surface area contributed by atoms with E-state index in [-0.39, 0.29) is 11.5 Å². The molecule has 0 unspecified atom stereocenters. The number of benzene rings is 1. The standard InChI is InChI=1S/C15H20BrNO2/c1-15(7-3-4-8-15)17-10-12-6-5-11(9-13(12)16)14(18)19-2/h5-6,9,17H,3-4,7-8,10H2,1-2H3. The minimum Gasteiger partial charge on any atom is -0.465 e. The van der Waals surface area contributed by atoms with Crippen LogP contribution < -0.4 is 5.32 Å². The molecule has 0 aliphatic heterocycles. The van der Waals surface area contributed by atoms with Crippen molar-refractivity contribution in [3.8, 4) is 0 Å². The Kier molecular flexibility index (Phi) is 4.63. The molecule has 2 rings (SSSR count). The van der Waals surface area contributed by atoms with Crippen LogP contribution in [0.3, 0.4) is 0 Å². The Balaban J connectivity index is 2.03. The van der Waals surface area contributed by atoms with Crippen LogP contribution in [-0.2, 0) is 11.3 Å². The van der Waals surface area contributed by atoms with Crippen LogP contribution in [-0.4, -0.2) is 18.6 Å². The van der Waals surface area contributed by atoms with Gasteiger partial charge in [0.1, 0.15) is 0 Å². The molecule has 0 saturated heterocycles. The zero-order valence-electron chi connectivity index (χ0n) is 11.5. The van der Waals surface area contributed by atoms with E-state index in [0.29, 0.717) is 5.56 Å². The number of carbonyl (C=O) groups excluding carboxylic acids is 1. The number of rotatable bonds is 4. The Labute approximate surface area is 122 Å². The average Bonchev–Trinajstić information content (AvgIpc) is 2.83. The van der Waals surface area contributed by atoms with Gasteiger partial charge in [-0.15, -0.1) is 0 Å². The molecule has 0 heterocycles. The Morgan fingerprint density at radius 2 is 2.11 bits per heavy atom. The molecule has 3 nitrogen and oxygen atoms in total. The van der Waals surface area contributed by atoms with Crippen molar-refractivity contribution >= 4 is 21.9 Å². The number of hydrogen-bond acceptors (Lipinski definition) is 3. The number of esters is 1. The fourth-order valence-electron chi connectivity index (χ4n) is 2.58. The quantitative estimate of drug-likeness (QED) is 0.858. The number of carbonyl (C=O) groups is 1. The largest absolute Gasteiger partial charge is 0.465 e. The van der Waals surface area contributed by atoms with E-state index in [1.165, 1.54) is 38.4 Å². The van der Waals surface area contributed by atoms with Crippen LogP contribution in [0.4, 0.5) is 0 Å². The summed E-state index contributed by atoms with van der Waals surface area (Å²) in [5.74, 6) is -0.303. The van der Waals surface area contributed by atoms with Crippen molar-refractivity contribution in [1.29, 1.82) is 0 Å². The van der Waals surface area contributed by atoms with Crippen molar-refractivity contribution in [2.45, 2.75) is 44.7 Å². The molecule has 19 heavy (non-hydrogen) atoms. The minimum absolute atomic E-state index is 0.264. The molecule has 1 fully saturated rings. The van der Waals surface area contributed by atoms with Gasteiger partial charge in [0, 0.05) is 16.6 Å². The van der Waals surface area contributed by atoms with Gasteiger partial charge in [0.15, 0.2) is 0 Å². The third-order valence-electron chi connectivity index (χ3n) is 3.89. The number of ether oxygens (including phenoxy) is 1. The highest BCUT2D eigenvalue weighted by molar-refractivity contribution is 9.10. The molecule has 4 heteroatoms. The van der Waals surface area contributed by atoms with Crippen LogP contribution >= 0.6 is 15.9 Å². The van der Waals surface area contributed by atoms with Crippen molar-refractivity contribution < 1.29 is 9.53 Å². The second-order valence-electron chi connectivity index (χ2n) is 5.42. The monoisotopic (exact) mass is 325 g/mol. The molecule has 0 spiro atoms. The fourth-order valence-corrected chi connectivity index (χ4v) is 3.10. The Morgan fingerprint density at radius 1 is 1.42 bits per heavy atom. The van der Waals surface area contributed by atoms with Crippen molar-refractivity contribution in [2.24, 2.45) is 0 Å². The molecule has 0 atom stereocenters. The molecule has 104 valence electrons. The molecule has 1 aromatic rings. The summed E-state index contributed by atoms with van der Waals surface area (Å²) in [6.07, 6.45) is 5.10. The smallest absolute Gasteiger partial charge is 0.337 e. The highest BCUT2D eigenvalue weighted by Crippen LogP contribution is 2.29. The van der Waals surface area contributed by atoms with E-state index in [2.05, 4.69) is 28.2 Å². The topological polar surface area (TPSA) is 38.3 Å². The molecule has 0 bridgehead atoms. The first-order chi connectivity index (χ1) is 9.04. The molecule has 1 aliphatic rings. The summed E-state index contributed by atoms with van der Waals surface area (Å²) in [6.45, 7) is 3.11. The first kappa shape index (κ1) is 14.5. The van der Waals surface area contributed by atoms with Gasteiger partial charge in [-0.05, 0) is 37.5 Å². The van der Waals surface area contributed by atoms with E-state index in [0.717, 1.165) is 11.0 Å². The van der Waals surface area contributed by atoms with E-state index < -0.39 is 0 Å². The van der Waals surface area contributed by atoms with Crippen molar-refractivity contribution in [3.05, 3.63) is 33.8 Å². The van der Waals surface area contributed by atoms with Gasteiger partial charge < -0.3 is 10.1 Å². The molecule has 0 aromatic heterocycles. The van der Waals surface area contributed by atoms with Crippen molar-refractivity contribution in [1.82, 2.24) is 5.32 Å². The van der Waals surface area contributed by atoms with Crippen molar-refractivity contribution in [3.63, 3.8) is 0 Å². The zero-order valence-corrected chi connectivity index (χ0v) is 13.0. The lowest BCUT2D eigenvalue weighted by Crippen LogP contribution is -2.38. The molecule has 0 amide bonds. The normalized spacial score (nSPS) is 17.4. The van der Waals surface area contributed by atoms with E-state index in [9.17, 15) is 4.79 Å². The van der Waals surface area contributed by atoms with Gasteiger partial charge in [0.25, 0.3) is 0 Å². The van der Waals surface area contributed by atoms with Gasteiger partial charge in [0.2, 0.25) is 0 Å². The SMILES string of the molecule is COC(=O)c1ccc(CNC2(C)CCCC2)c(Br)c1. The van der Waals surface area contributed by atoms with Gasteiger partial charge in [-0.25, -0.2) is 4.79 Å². The van der Waals surface area contributed by atoms with Gasteiger partial charge in [-0.1, -0.05) is 34.8 Å². The first-order valence-corrected chi connectivity index (χ1v) is 7.45. The second-order valence-corrected chi connectivity index (χ2v) is 6.27. The lowest BCUT2D eigenvalue weighted by molar-refractivity contribution is 0.0600. The maximum absolute atomic E-state index is 11.4. The van der Waals surface area contributed by atoms with Crippen LogP contribution in [0.2, 0.25) is 0 Å². The summed E-state index contributed by atoms with van der Waals surface area (Å²) in [4.78, 5) is 11.4. The first-order valence-electron chi connectivity index (χ1n) is 6.66. The molecule has 1 N–H and O–H groups in total. The maximum Gasteiger partial charge on any atom is 0.337 e. The van der Waals surface area contributed by atoms with Crippen molar-refractivity contribution in [2.75, 3.05) is 7.11 Å². The van der Waals surface area contributed by atoms with Gasteiger partial charge >= 0.3 is 5.97 Å². The molecular weight excluding hydrogens is 306 g/mol. The fraction of sp³-hybridized carbons (Fsp3) is 0.533. The van der Waals surface area contributed by atoms with E-state index in [1.54, 1.807) is 0 Å². The summed E-state index contributed by atoms with van der Waals surface area (Å²) in [5, 5.41) is 3.63. The summed E-state index contributed by atoms with van der Waals surface area (Å²) in [5.41, 5.74) is 2.01.